The summed E-state index contributed by atoms with van der Waals surface area (Å²) in [5.74, 6) is -0.406. The quantitative estimate of drug-likeness (QED) is 0.817. The molecule has 7 heteroatoms. The molecule has 1 heterocycles. The van der Waals surface area contributed by atoms with Gasteiger partial charge >= 0.3 is 0 Å². The van der Waals surface area contributed by atoms with Crippen molar-refractivity contribution in [2.75, 3.05) is 13.1 Å². The molecule has 0 aliphatic carbocycles. The molecule has 1 saturated heterocycles. The van der Waals surface area contributed by atoms with Crippen LogP contribution in [-0.2, 0) is 15.6 Å². The molecule has 2 aromatic rings. The van der Waals surface area contributed by atoms with E-state index in [0.717, 1.165) is 25.9 Å². The summed E-state index contributed by atoms with van der Waals surface area (Å²) in [6, 6.07) is 15.3. The Labute approximate surface area is 160 Å². The van der Waals surface area contributed by atoms with Crippen molar-refractivity contribution in [2.24, 2.45) is 0 Å². The summed E-state index contributed by atoms with van der Waals surface area (Å²) in [6.07, 6.45) is 1.96. The minimum Gasteiger partial charge on any atom is -0.348 e. The van der Waals surface area contributed by atoms with Crippen LogP contribution < -0.4 is 10.6 Å². The summed E-state index contributed by atoms with van der Waals surface area (Å²) in [5, 5.41) is 6.26. The summed E-state index contributed by atoms with van der Waals surface area (Å²) >= 11 is 0. The topological polar surface area (TPSA) is 75.3 Å². The Kier molecular flexibility index (Phi) is 7.20. The molecule has 26 heavy (non-hydrogen) atoms. The van der Waals surface area contributed by atoms with Crippen LogP contribution in [0.3, 0.4) is 0 Å². The van der Waals surface area contributed by atoms with Gasteiger partial charge in [0.25, 0.3) is 5.91 Å². The van der Waals surface area contributed by atoms with Gasteiger partial charge in [0, 0.05) is 18.2 Å². The third kappa shape index (κ3) is 5.06. The highest BCUT2D eigenvalue weighted by atomic mass is 35.5. The first-order chi connectivity index (χ1) is 12.1. The molecule has 1 aliphatic rings. The molecule has 0 spiro atoms. The lowest BCUT2D eigenvalue weighted by Crippen LogP contribution is -2.45. The number of hydrogen-bond donors (Lipinski definition) is 2. The SMILES string of the molecule is Cl.O=C(N[C@H]1CCCNC1)c1ccccc1CS(=O)(=O)c1ccccc1. The number of benzene rings is 2. The van der Waals surface area contributed by atoms with Crippen LogP contribution in [0.25, 0.3) is 0 Å². The van der Waals surface area contributed by atoms with Gasteiger partial charge < -0.3 is 10.6 Å². The van der Waals surface area contributed by atoms with Crippen LogP contribution in [0.1, 0.15) is 28.8 Å². The van der Waals surface area contributed by atoms with Crippen molar-refractivity contribution in [1.82, 2.24) is 10.6 Å². The molecule has 140 valence electrons. The van der Waals surface area contributed by atoms with Crippen molar-refractivity contribution in [2.45, 2.75) is 29.5 Å². The summed E-state index contributed by atoms with van der Waals surface area (Å²) < 4.78 is 25.2. The Morgan fingerprint density at radius 2 is 1.77 bits per heavy atom. The van der Waals surface area contributed by atoms with Gasteiger partial charge in [0.2, 0.25) is 0 Å². The Morgan fingerprint density at radius 3 is 2.46 bits per heavy atom. The highest BCUT2D eigenvalue weighted by Gasteiger charge is 2.21. The van der Waals surface area contributed by atoms with Crippen LogP contribution in [-0.4, -0.2) is 33.5 Å². The van der Waals surface area contributed by atoms with Gasteiger partial charge in [0.1, 0.15) is 0 Å². The summed E-state index contributed by atoms with van der Waals surface area (Å²) in [6.45, 7) is 1.72. The molecule has 1 fully saturated rings. The lowest BCUT2D eigenvalue weighted by molar-refractivity contribution is 0.0930. The number of hydrogen-bond acceptors (Lipinski definition) is 4. The molecule has 0 radical (unpaired) electrons. The van der Waals surface area contributed by atoms with Crippen LogP contribution in [0, 0.1) is 0 Å². The Morgan fingerprint density at radius 1 is 1.08 bits per heavy atom. The zero-order chi connectivity index (χ0) is 17.7. The van der Waals surface area contributed by atoms with Gasteiger partial charge in [-0.15, -0.1) is 12.4 Å². The molecule has 3 rings (SSSR count). The molecule has 1 amide bonds. The van der Waals surface area contributed by atoms with Gasteiger partial charge in [0.15, 0.2) is 9.84 Å². The fourth-order valence-corrected chi connectivity index (χ4v) is 4.42. The number of carbonyl (C=O) groups excluding carboxylic acids is 1. The largest absolute Gasteiger partial charge is 0.348 e. The average molecular weight is 395 g/mol. The number of amides is 1. The lowest BCUT2D eigenvalue weighted by atomic mass is 10.1. The van der Waals surface area contributed by atoms with E-state index in [4.69, 9.17) is 0 Å². The molecular formula is C19H23ClN2O3S. The van der Waals surface area contributed by atoms with Crippen molar-refractivity contribution in [3.05, 3.63) is 65.7 Å². The van der Waals surface area contributed by atoms with E-state index in [2.05, 4.69) is 10.6 Å². The van der Waals surface area contributed by atoms with Crippen LogP contribution in [0.15, 0.2) is 59.5 Å². The number of nitrogens with one attached hydrogen (secondary N) is 2. The fourth-order valence-electron chi connectivity index (χ4n) is 3.02. The summed E-state index contributed by atoms with van der Waals surface area (Å²) in [4.78, 5) is 12.9. The maximum atomic E-state index is 12.6. The Balaban J connectivity index is 0.00000243. The maximum Gasteiger partial charge on any atom is 0.251 e. The molecule has 1 aliphatic heterocycles. The predicted octanol–water partition coefficient (Wildman–Crippen LogP) is 2.56. The number of sulfone groups is 1. The van der Waals surface area contributed by atoms with Gasteiger partial charge in [0.05, 0.1) is 10.6 Å². The van der Waals surface area contributed by atoms with E-state index in [-0.39, 0.29) is 35.0 Å². The first kappa shape index (κ1) is 20.4. The Hall–Kier alpha value is -1.89. The van der Waals surface area contributed by atoms with Gasteiger partial charge in [-0.25, -0.2) is 8.42 Å². The standard InChI is InChI=1S/C19H22N2O3S.ClH/c22-19(21-16-8-6-12-20-13-16)18-11-5-4-7-15(18)14-25(23,24)17-9-2-1-3-10-17;/h1-5,7,9-11,16,20H,6,8,12-14H2,(H,21,22);1H/t16-;/m0./s1. The summed E-state index contributed by atoms with van der Waals surface area (Å²) in [5.41, 5.74) is 0.945. The highest BCUT2D eigenvalue weighted by Crippen LogP contribution is 2.19. The van der Waals surface area contributed by atoms with Gasteiger partial charge in [-0.2, -0.15) is 0 Å². The normalized spacial score (nSPS) is 17.2. The van der Waals surface area contributed by atoms with Crippen LogP contribution in [0.2, 0.25) is 0 Å². The summed E-state index contributed by atoms with van der Waals surface area (Å²) in [7, 11) is -3.49. The predicted molar refractivity (Wildman–Crippen MR) is 104 cm³/mol. The molecule has 0 unspecified atom stereocenters. The molecule has 0 bridgehead atoms. The maximum absolute atomic E-state index is 12.6. The van der Waals surface area contributed by atoms with Gasteiger partial charge in [-0.05, 0) is 43.1 Å². The van der Waals surface area contributed by atoms with Crippen molar-refractivity contribution in [1.29, 1.82) is 0 Å². The van der Waals surface area contributed by atoms with E-state index in [1.165, 1.54) is 0 Å². The van der Waals surface area contributed by atoms with Crippen molar-refractivity contribution < 1.29 is 13.2 Å². The molecule has 2 aromatic carbocycles. The van der Waals surface area contributed by atoms with Crippen molar-refractivity contribution in [3.63, 3.8) is 0 Å². The first-order valence-corrected chi connectivity index (χ1v) is 10.1. The van der Waals surface area contributed by atoms with Crippen LogP contribution in [0.5, 0.6) is 0 Å². The van der Waals surface area contributed by atoms with E-state index >= 15 is 0 Å². The third-order valence-corrected chi connectivity index (χ3v) is 6.02. The second kappa shape index (κ2) is 9.16. The fraction of sp³-hybridized carbons (Fsp3) is 0.316. The number of rotatable bonds is 5. The molecule has 0 saturated carbocycles. The second-order valence-electron chi connectivity index (χ2n) is 6.25. The lowest BCUT2D eigenvalue weighted by Gasteiger charge is -2.24. The Bertz CT molecular complexity index is 835. The van der Waals surface area contributed by atoms with E-state index < -0.39 is 9.84 Å². The van der Waals surface area contributed by atoms with Crippen LogP contribution in [0.4, 0.5) is 0 Å². The second-order valence-corrected chi connectivity index (χ2v) is 8.24. The van der Waals surface area contributed by atoms with Crippen molar-refractivity contribution in [3.8, 4) is 0 Å². The first-order valence-electron chi connectivity index (χ1n) is 8.43. The number of halogens is 1. The van der Waals surface area contributed by atoms with Gasteiger partial charge in [-0.1, -0.05) is 36.4 Å². The molecule has 1 atom stereocenters. The number of piperidine rings is 1. The zero-order valence-electron chi connectivity index (χ0n) is 14.4. The van der Waals surface area contributed by atoms with E-state index in [9.17, 15) is 13.2 Å². The van der Waals surface area contributed by atoms with E-state index in [1.807, 2.05) is 0 Å². The number of carbonyl (C=O) groups is 1. The van der Waals surface area contributed by atoms with E-state index in [0.29, 0.717) is 11.1 Å². The van der Waals surface area contributed by atoms with E-state index in [1.54, 1.807) is 54.6 Å². The molecule has 5 nitrogen and oxygen atoms in total. The monoisotopic (exact) mass is 394 g/mol. The van der Waals surface area contributed by atoms with Gasteiger partial charge in [-0.3, -0.25) is 4.79 Å². The molecule has 2 N–H and O–H groups in total. The van der Waals surface area contributed by atoms with Crippen LogP contribution >= 0.6 is 12.4 Å². The smallest absolute Gasteiger partial charge is 0.251 e. The minimum atomic E-state index is -3.49. The molecular weight excluding hydrogens is 372 g/mol. The minimum absolute atomic E-state index is 0. The third-order valence-electron chi connectivity index (χ3n) is 4.34. The molecule has 0 aromatic heterocycles. The zero-order valence-corrected chi connectivity index (χ0v) is 16.0. The highest BCUT2D eigenvalue weighted by molar-refractivity contribution is 7.90. The average Bonchev–Trinajstić information content (AvgIpc) is 2.63. The van der Waals surface area contributed by atoms with Crippen molar-refractivity contribution >= 4 is 28.2 Å².